The van der Waals surface area contributed by atoms with E-state index in [1.807, 2.05) is 6.07 Å². The lowest BCUT2D eigenvalue weighted by Crippen LogP contribution is -2.14. The molecule has 0 fully saturated rings. The number of esters is 1. The number of ether oxygens (including phenoxy) is 1. The topological polar surface area (TPSA) is 103 Å². The predicted molar refractivity (Wildman–Crippen MR) is 92.8 cm³/mol. The second-order valence-corrected chi connectivity index (χ2v) is 5.78. The third-order valence-electron chi connectivity index (χ3n) is 3.01. The molecule has 6 nitrogen and oxygen atoms in total. The Labute approximate surface area is 149 Å². The highest BCUT2D eigenvalue weighted by atomic mass is 32.2. The molecule has 7 heteroatoms. The van der Waals surface area contributed by atoms with Gasteiger partial charge in [-0.2, -0.15) is 10.5 Å². The van der Waals surface area contributed by atoms with E-state index in [1.165, 1.54) is 11.8 Å². The lowest BCUT2D eigenvalue weighted by Gasteiger charge is -2.08. The summed E-state index contributed by atoms with van der Waals surface area (Å²) >= 11 is 1.19. The lowest BCUT2D eigenvalue weighted by molar-refractivity contribution is -0.113. The Balaban J connectivity index is 1.99. The van der Waals surface area contributed by atoms with Crippen molar-refractivity contribution < 1.29 is 14.3 Å². The van der Waals surface area contributed by atoms with Crippen LogP contribution in [-0.4, -0.2) is 24.2 Å². The molecular weight excluding hydrogens is 338 g/mol. The van der Waals surface area contributed by atoms with E-state index in [2.05, 4.69) is 5.32 Å². The molecule has 0 heterocycles. The number of amides is 1. The number of carbonyl (C=O) groups excluding carboxylic acids is 2. The van der Waals surface area contributed by atoms with Crippen LogP contribution < -0.4 is 5.32 Å². The van der Waals surface area contributed by atoms with Gasteiger partial charge in [0.2, 0.25) is 5.91 Å². The number of anilines is 1. The fourth-order valence-corrected chi connectivity index (χ4v) is 2.78. The Hall–Kier alpha value is -3.29. The summed E-state index contributed by atoms with van der Waals surface area (Å²) in [5.74, 6) is -0.786. The molecule has 0 saturated heterocycles. The number of hydrogen-bond acceptors (Lipinski definition) is 6. The number of benzene rings is 2. The highest BCUT2D eigenvalue weighted by Crippen LogP contribution is 2.23. The number of nitrogens with one attached hydrogen (secondary N) is 1. The molecule has 1 N–H and O–H groups in total. The molecule has 0 saturated carbocycles. The van der Waals surface area contributed by atoms with E-state index in [9.17, 15) is 9.59 Å². The summed E-state index contributed by atoms with van der Waals surface area (Å²) in [6, 6.07) is 17.1. The summed E-state index contributed by atoms with van der Waals surface area (Å²) in [6.07, 6.45) is 0. The molecule has 0 unspecified atom stereocenters. The molecule has 0 aliphatic rings. The van der Waals surface area contributed by atoms with Gasteiger partial charge in [-0.05, 0) is 30.3 Å². The first-order valence-corrected chi connectivity index (χ1v) is 8.18. The van der Waals surface area contributed by atoms with Crippen molar-refractivity contribution in [2.45, 2.75) is 4.90 Å². The van der Waals surface area contributed by atoms with Crippen LogP contribution in [0, 0.1) is 22.7 Å². The van der Waals surface area contributed by atoms with Crippen LogP contribution in [0.4, 0.5) is 5.69 Å². The summed E-state index contributed by atoms with van der Waals surface area (Å²) in [6.45, 7) is -0.326. The molecule has 2 rings (SSSR count). The van der Waals surface area contributed by atoms with Crippen LogP contribution in [0.25, 0.3) is 0 Å². The maximum absolute atomic E-state index is 12.1. The van der Waals surface area contributed by atoms with Gasteiger partial charge in [0.25, 0.3) is 0 Å². The van der Waals surface area contributed by atoms with Gasteiger partial charge in [0, 0.05) is 10.6 Å². The zero-order valence-corrected chi connectivity index (χ0v) is 13.9. The average Bonchev–Trinajstić information content (AvgIpc) is 2.64. The van der Waals surface area contributed by atoms with Crippen LogP contribution in [0.1, 0.15) is 15.9 Å². The van der Waals surface area contributed by atoms with Gasteiger partial charge in [0.05, 0.1) is 22.9 Å². The molecule has 2 aromatic carbocycles. The highest BCUT2D eigenvalue weighted by Gasteiger charge is 2.14. The van der Waals surface area contributed by atoms with Crippen molar-refractivity contribution >= 4 is 29.3 Å². The van der Waals surface area contributed by atoms with Gasteiger partial charge in [0.15, 0.2) is 6.61 Å². The third kappa shape index (κ3) is 5.38. The first kappa shape index (κ1) is 18.1. The van der Waals surface area contributed by atoms with Gasteiger partial charge in [-0.25, -0.2) is 4.79 Å². The number of nitrogens with zero attached hydrogens (tertiary/aromatic N) is 2. The van der Waals surface area contributed by atoms with Crippen LogP contribution in [0.2, 0.25) is 0 Å². The van der Waals surface area contributed by atoms with E-state index in [1.54, 1.807) is 54.6 Å². The van der Waals surface area contributed by atoms with Gasteiger partial charge >= 0.3 is 5.97 Å². The summed E-state index contributed by atoms with van der Waals surface area (Å²) in [7, 11) is 0. The maximum Gasteiger partial charge on any atom is 0.340 e. The minimum absolute atomic E-state index is 0.0827. The summed E-state index contributed by atoms with van der Waals surface area (Å²) in [5.41, 5.74) is 1.30. The molecule has 0 aliphatic carbocycles. The first-order chi connectivity index (χ1) is 12.1. The lowest BCUT2D eigenvalue weighted by atomic mass is 10.2. The van der Waals surface area contributed by atoms with Crippen molar-refractivity contribution in [1.82, 2.24) is 0 Å². The van der Waals surface area contributed by atoms with Crippen LogP contribution in [0.3, 0.4) is 0 Å². The minimum Gasteiger partial charge on any atom is -0.447 e. The molecule has 2 aromatic rings. The van der Waals surface area contributed by atoms with Crippen LogP contribution in [0.5, 0.6) is 0 Å². The number of thioether (sulfide) groups is 1. The SMILES string of the molecule is N#CCOC(=O)c1ccccc1SCC(=O)Nc1cccc(C#N)c1. The second kappa shape index (κ2) is 9.11. The molecule has 124 valence electrons. The number of hydrogen-bond donors (Lipinski definition) is 1. The third-order valence-corrected chi connectivity index (χ3v) is 4.08. The Morgan fingerprint density at radius 1 is 1.12 bits per heavy atom. The normalized spacial score (nSPS) is 9.52. The number of nitriles is 2. The summed E-state index contributed by atoms with van der Waals surface area (Å²) in [4.78, 5) is 24.6. The van der Waals surface area contributed by atoms with Crippen LogP contribution in [0.15, 0.2) is 53.4 Å². The Bertz CT molecular complexity index is 868. The molecular formula is C18H13N3O3S. The Morgan fingerprint density at radius 2 is 1.92 bits per heavy atom. The van der Waals surface area contributed by atoms with E-state index in [0.717, 1.165) is 0 Å². The van der Waals surface area contributed by atoms with Crippen molar-refractivity contribution in [3.8, 4) is 12.1 Å². The van der Waals surface area contributed by atoms with Crippen molar-refractivity contribution in [3.05, 3.63) is 59.7 Å². The molecule has 0 aromatic heterocycles. The van der Waals surface area contributed by atoms with E-state index >= 15 is 0 Å². The average molecular weight is 351 g/mol. The Morgan fingerprint density at radius 3 is 2.68 bits per heavy atom. The van der Waals surface area contributed by atoms with Crippen LogP contribution >= 0.6 is 11.8 Å². The van der Waals surface area contributed by atoms with E-state index in [4.69, 9.17) is 15.3 Å². The number of carbonyl (C=O) groups is 2. The summed E-state index contributed by atoms with van der Waals surface area (Å²) < 4.78 is 4.80. The van der Waals surface area contributed by atoms with Gasteiger partial charge in [0.1, 0.15) is 6.07 Å². The quantitative estimate of drug-likeness (QED) is 0.634. The van der Waals surface area contributed by atoms with E-state index in [0.29, 0.717) is 21.7 Å². The predicted octanol–water partition coefficient (Wildman–Crippen LogP) is 2.97. The molecule has 1 amide bonds. The van der Waals surface area contributed by atoms with Crippen molar-refractivity contribution in [1.29, 1.82) is 10.5 Å². The Kier molecular flexibility index (Phi) is 6.58. The standard InChI is InChI=1S/C18H13N3O3S/c19-8-9-24-18(23)15-6-1-2-7-16(15)25-12-17(22)21-14-5-3-4-13(10-14)11-20/h1-7,10H,9,12H2,(H,21,22). The largest absolute Gasteiger partial charge is 0.447 e. The zero-order chi connectivity index (χ0) is 18.1. The molecule has 0 spiro atoms. The van der Waals surface area contributed by atoms with Crippen molar-refractivity contribution in [3.63, 3.8) is 0 Å². The zero-order valence-electron chi connectivity index (χ0n) is 13.1. The van der Waals surface area contributed by atoms with Crippen molar-refractivity contribution in [2.24, 2.45) is 0 Å². The molecule has 0 atom stereocenters. The fourth-order valence-electron chi connectivity index (χ4n) is 1.94. The monoisotopic (exact) mass is 351 g/mol. The highest BCUT2D eigenvalue weighted by molar-refractivity contribution is 8.00. The molecule has 0 radical (unpaired) electrons. The van der Waals surface area contributed by atoms with Gasteiger partial charge < -0.3 is 10.1 Å². The number of rotatable bonds is 6. The van der Waals surface area contributed by atoms with Gasteiger partial charge in [-0.3, -0.25) is 4.79 Å². The smallest absolute Gasteiger partial charge is 0.340 e. The second-order valence-electron chi connectivity index (χ2n) is 4.76. The molecule has 25 heavy (non-hydrogen) atoms. The molecule has 0 bridgehead atoms. The van der Waals surface area contributed by atoms with Crippen LogP contribution in [-0.2, 0) is 9.53 Å². The van der Waals surface area contributed by atoms with Gasteiger partial charge in [-0.1, -0.05) is 18.2 Å². The maximum atomic E-state index is 12.1. The van der Waals surface area contributed by atoms with E-state index in [-0.39, 0.29) is 18.3 Å². The summed E-state index contributed by atoms with van der Waals surface area (Å²) in [5, 5.41) is 20.0. The molecule has 0 aliphatic heterocycles. The van der Waals surface area contributed by atoms with Crippen molar-refractivity contribution in [2.75, 3.05) is 17.7 Å². The van der Waals surface area contributed by atoms with Gasteiger partial charge in [-0.15, -0.1) is 11.8 Å². The minimum atomic E-state index is -0.605. The fraction of sp³-hybridized carbons (Fsp3) is 0.111. The van der Waals surface area contributed by atoms with E-state index < -0.39 is 5.97 Å². The first-order valence-electron chi connectivity index (χ1n) is 7.20.